The summed E-state index contributed by atoms with van der Waals surface area (Å²) >= 11 is 0. The minimum atomic E-state index is -0.296. The summed E-state index contributed by atoms with van der Waals surface area (Å²) in [7, 11) is 0. The highest BCUT2D eigenvalue weighted by molar-refractivity contribution is 5.55. The Morgan fingerprint density at radius 3 is 2.50 bits per heavy atom. The fraction of sp³-hybridized carbons (Fsp3) is 0.222. The van der Waals surface area contributed by atoms with Crippen molar-refractivity contribution in [1.82, 2.24) is 10.2 Å². The van der Waals surface area contributed by atoms with Crippen molar-refractivity contribution in [2.45, 2.75) is 26.3 Å². The summed E-state index contributed by atoms with van der Waals surface area (Å²) in [4.78, 5) is 0. The zero-order chi connectivity index (χ0) is 15.5. The van der Waals surface area contributed by atoms with Crippen LogP contribution in [0.3, 0.4) is 0 Å². The lowest BCUT2D eigenvalue weighted by molar-refractivity contribution is 0.457. The first-order chi connectivity index (χ1) is 10.6. The van der Waals surface area contributed by atoms with Crippen molar-refractivity contribution in [2.24, 2.45) is 5.73 Å². The van der Waals surface area contributed by atoms with Gasteiger partial charge < -0.3 is 10.2 Å². The van der Waals surface area contributed by atoms with Gasteiger partial charge >= 0.3 is 0 Å². The van der Waals surface area contributed by atoms with Crippen molar-refractivity contribution in [2.75, 3.05) is 0 Å². The molecule has 2 aromatic carbocycles. The fourth-order valence-corrected chi connectivity index (χ4v) is 2.33. The molecule has 0 saturated heterocycles. The Labute approximate surface area is 130 Å². The van der Waals surface area contributed by atoms with Crippen LogP contribution in [0.2, 0.25) is 0 Å². The van der Waals surface area contributed by atoms with Crippen LogP contribution in [0.1, 0.15) is 28.6 Å². The van der Waals surface area contributed by atoms with Crippen LogP contribution in [-0.4, -0.2) is 10.2 Å². The van der Waals surface area contributed by atoms with Gasteiger partial charge in [0.25, 0.3) is 0 Å². The van der Waals surface area contributed by atoms with Crippen molar-refractivity contribution in [3.05, 3.63) is 71.1 Å². The molecule has 22 heavy (non-hydrogen) atoms. The number of aromatic nitrogens is 2. The number of hydrogen-bond donors (Lipinski definition) is 1. The van der Waals surface area contributed by atoms with E-state index in [1.165, 1.54) is 11.1 Å². The minimum absolute atomic E-state index is 0.296. The summed E-state index contributed by atoms with van der Waals surface area (Å²) in [6.45, 7) is 4.14. The Morgan fingerprint density at radius 2 is 1.77 bits per heavy atom. The Kier molecular flexibility index (Phi) is 4.02. The number of nitrogens with two attached hydrogens (primary N) is 1. The summed E-state index contributed by atoms with van der Waals surface area (Å²) in [5.41, 5.74) is 10.7. The quantitative estimate of drug-likeness (QED) is 0.798. The predicted molar refractivity (Wildman–Crippen MR) is 86.3 cm³/mol. The van der Waals surface area contributed by atoms with Gasteiger partial charge in [-0.25, -0.2) is 0 Å². The highest BCUT2D eigenvalue weighted by atomic mass is 16.4. The normalized spacial score (nSPS) is 12.3. The predicted octanol–water partition coefficient (Wildman–Crippen LogP) is 3.60. The average Bonchev–Trinajstić information content (AvgIpc) is 3.01. The molecule has 0 fully saturated rings. The van der Waals surface area contributed by atoms with E-state index >= 15 is 0 Å². The minimum Gasteiger partial charge on any atom is -0.419 e. The SMILES string of the molecule is Cc1ccc(-c2nnc(C(N)Cc3ccccc3)o2)cc1C. The van der Waals surface area contributed by atoms with E-state index < -0.39 is 0 Å². The third kappa shape index (κ3) is 3.07. The maximum absolute atomic E-state index is 6.18. The molecule has 0 saturated carbocycles. The van der Waals surface area contributed by atoms with Gasteiger partial charge in [0.05, 0.1) is 6.04 Å². The average molecular weight is 293 g/mol. The van der Waals surface area contributed by atoms with Gasteiger partial charge in [0, 0.05) is 5.56 Å². The molecule has 1 heterocycles. The summed E-state index contributed by atoms with van der Waals surface area (Å²) in [6, 6.07) is 15.9. The molecule has 3 rings (SSSR count). The number of aryl methyl sites for hydroxylation is 2. The van der Waals surface area contributed by atoms with Gasteiger partial charge in [-0.2, -0.15) is 0 Å². The van der Waals surface area contributed by atoms with Crippen LogP contribution >= 0.6 is 0 Å². The lowest BCUT2D eigenvalue weighted by Crippen LogP contribution is -2.13. The van der Waals surface area contributed by atoms with E-state index in [0.29, 0.717) is 18.2 Å². The first kappa shape index (κ1) is 14.5. The Balaban J connectivity index is 1.79. The summed E-state index contributed by atoms with van der Waals surface area (Å²) in [6.07, 6.45) is 0.676. The van der Waals surface area contributed by atoms with Gasteiger partial charge in [0.15, 0.2) is 0 Å². The lowest BCUT2D eigenvalue weighted by atomic mass is 10.1. The molecule has 1 aromatic heterocycles. The first-order valence-electron chi connectivity index (χ1n) is 7.34. The number of rotatable bonds is 4. The van der Waals surface area contributed by atoms with E-state index in [1.54, 1.807) is 0 Å². The summed E-state index contributed by atoms with van der Waals surface area (Å²) < 4.78 is 5.75. The molecular formula is C18H19N3O. The number of hydrogen-bond acceptors (Lipinski definition) is 4. The second kappa shape index (κ2) is 6.12. The maximum atomic E-state index is 6.18. The standard InChI is InChI=1S/C18H19N3O/c1-12-8-9-15(10-13(12)2)17-20-21-18(22-17)16(19)11-14-6-4-3-5-7-14/h3-10,16H,11,19H2,1-2H3. The van der Waals surface area contributed by atoms with E-state index in [9.17, 15) is 0 Å². The summed E-state index contributed by atoms with van der Waals surface area (Å²) in [5, 5.41) is 8.22. The molecule has 0 aliphatic heterocycles. The molecule has 4 nitrogen and oxygen atoms in total. The third-order valence-electron chi connectivity index (χ3n) is 3.81. The van der Waals surface area contributed by atoms with Gasteiger partial charge in [-0.1, -0.05) is 36.4 Å². The molecular weight excluding hydrogens is 274 g/mol. The monoisotopic (exact) mass is 293 g/mol. The topological polar surface area (TPSA) is 64.9 Å². The molecule has 1 atom stereocenters. The Hall–Kier alpha value is -2.46. The van der Waals surface area contributed by atoms with Gasteiger partial charge in [-0.3, -0.25) is 0 Å². The zero-order valence-corrected chi connectivity index (χ0v) is 12.8. The van der Waals surface area contributed by atoms with Crippen molar-refractivity contribution < 1.29 is 4.42 Å². The molecule has 0 bridgehead atoms. The molecule has 0 amide bonds. The highest BCUT2D eigenvalue weighted by Crippen LogP contribution is 2.23. The smallest absolute Gasteiger partial charge is 0.247 e. The molecule has 3 aromatic rings. The van der Waals surface area contributed by atoms with Crippen LogP contribution in [0.5, 0.6) is 0 Å². The van der Waals surface area contributed by atoms with Crippen molar-refractivity contribution in [3.8, 4) is 11.5 Å². The lowest BCUT2D eigenvalue weighted by Gasteiger charge is -2.06. The summed E-state index contributed by atoms with van der Waals surface area (Å²) in [5.74, 6) is 0.985. The van der Waals surface area contributed by atoms with E-state index in [4.69, 9.17) is 10.2 Å². The van der Waals surface area contributed by atoms with E-state index in [0.717, 1.165) is 11.1 Å². The number of nitrogens with zero attached hydrogens (tertiary/aromatic N) is 2. The van der Waals surface area contributed by atoms with Gasteiger partial charge in [0.2, 0.25) is 11.8 Å². The van der Waals surface area contributed by atoms with Crippen LogP contribution in [0.15, 0.2) is 52.9 Å². The highest BCUT2D eigenvalue weighted by Gasteiger charge is 2.16. The van der Waals surface area contributed by atoms with Crippen LogP contribution < -0.4 is 5.73 Å². The fourth-order valence-electron chi connectivity index (χ4n) is 2.33. The molecule has 1 unspecified atom stereocenters. The van der Waals surface area contributed by atoms with Crippen LogP contribution in [0, 0.1) is 13.8 Å². The van der Waals surface area contributed by atoms with Gasteiger partial charge in [0.1, 0.15) is 0 Å². The first-order valence-corrected chi connectivity index (χ1v) is 7.34. The number of benzene rings is 2. The van der Waals surface area contributed by atoms with Crippen molar-refractivity contribution in [1.29, 1.82) is 0 Å². The van der Waals surface area contributed by atoms with Crippen molar-refractivity contribution in [3.63, 3.8) is 0 Å². The van der Waals surface area contributed by atoms with Gasteiger partial charge in [-0.15, -0.1) is 10.2 Å². The molecule has 0 aliphatic rings. The largest absolute Gasteiger partial charge is 0.419 e. The molecule has 112 valence electrons. The van der Waals surface area contributed by atoms with Gasteiger partial charge in [-0.05, 0) is 49.1 Å². The van der Waals surface area contributed by atoms with E-state index in [1.807, 2.05) is 36.4 Å². The second-order valence-corrected chi connectivity index (χ2v) is 5.54. The maximum Gasteiger partial charge on any atom is 0.247 e. The van der Waals surface area contributed by atoms with E-state index in [2.05, 4.69) is 36.2 Å². The molecule has 0 radical (unpaired) electrons. The van der Waals surface area contributed by atoms with E-state index in [-0.39, 0.29) is 6.04 Å². The van der Waals surface area contributed by atoms with Crippen LogP contribution in [0.4, 0.5) is 0 Å². The molecule has 4 heteroatoms. The zero-order valence-electron chi connectivity index (χ0n) is 12.8. The Morgan fingerprint density at radius 1 is 1.00 bits per heavy atom. The van der Waals surface area contributed by atoms with Crippen LogP contribution in [-0.2, 0) is 6.42 Å². The second-order valence-electron chi connectivity index (χ2n) is 5.54. The molecule has 0 spiro atoms. The Bertz CT molecular complexity index is 765. The van der Waals surface area contributed by atoms with Crippen molar-refractivity contribution >= 4 is 0 Å². The van der Waals surface area contributed by atoms with Crippen LogP contribution in [0.25, 0.3) is 11.5 Å². The molecule has 2 N–H and O–H groups in total. The third-order valence-corrected chi connectivity index (χ3v) is 3.81. The molecule has 0 aliphatic carbocycles.